The second-order valence-electron chi connectivity index (χ2n) is 6.31. The lowest BCUT2D eigenvalue weighted by Gasteiger charge is -2.24. The minimum atomic E-state index is -3.19. The van der Waals surface area contributed by atoms with Crippen LogP contribution in [-0.4, -0.2) is 75.4 Å². The van der Waals surface area contributed by atoms with Crippen molar-refractivity contribution in [3.05, 3.63) is 0 Å². The number of ether oxygens (including phenoxy) is 1. The van der Waals surface area contributed by atoms with Crippen molar-refractivity contribution in [2.24, 2.45) is 11.7 Å². The van der Waals surface area contributed by atoms with Gasteiger partial charge in [-0.3, -0.25) is 0 Å². The summed E-state index contributed by atoms with van der Waals surface area (Å²) in [5.41, 5.74) is 5.67. The third kappa shape index (κ3) is 5.17. The summed E-state index contributed by atoms with van der Waals surface area (Å²) in [6.45, 7) is 7.44. The highest BCUT2D eigenvalue weighted by molar-refractivity contribution is 7.89. The van der Waals surface area contributed by atoms with Crippen molar-refractivity contribution >= 4 is 10.0 Å². The fourth-order valence-corrected chi connectivity index (χ4v) is 4.75. The number of sulfonamides is 1. The van der Waals surface area contributed by atoms with Crippen LogP contribution in [-0.2, 0) is 14.8 Å². The normalized spacial score (nSPS) is 27.6. The van der Waals surface area contributed by atoms with Crippen LogP contribution in [0.4, 0.5) is 0 Å². The molecule has 0 bridgehead atoms. The molecule has 0 amide bonds. The third-order valence-corrected chi connectivity index (χ3v) is 6.28. The summed E-state index contributed by atoms with van der Waals surface area (Å²) >= 11 is 0. The van der Waals surface area contributed by atoms with E-state index in [9.17, 15) is 8.42 Å². The Labute approximate surface area is 128 Å². The van der Waals surface area contributed by atoms with Crippen LogP contribution in [0.1, 0.15) is 26.2 Å². The highest BCUT2D eigenvalue weighted by Gasteiger charge is 2.30. The van der Waals surface area contributed by atoms with Gasteiger partial charge in [0, 0.05) is 32.8 Å². The minimum Gasteiger partial charge on any atom is -0.377 e. The van der Waals surface area contributed by atoms with Gasteiger partial charge in [0.25, 0.3) is 0 Å². The lowest BCUT2D eigenvalue weighted by molar-refractivity contribution is 0.126. The Morgan fingerprint density at radius 2 is 2.05 bits per heavy atom. The van der Waals surface area contributed by atoms with Crippen molar-refractivity contribution in [3.63, 3.8) is 0 Å². The fraction of sp³-hybridized carbons (Fsp3) is 1.00. The fourth-order valence-electron chi connectivity index (χ4n) is 3.04. The van der Waals surface area contributed by atoms with Crippen LogP contribution in [0.15, 0.2) is 0 Å². The predicted octanol–water partition coefficient (Wildman–Crippen LogP) is 0.0977. The molecule has 2 unspecified atom stereocenters. The molecule has 0 aromatic rings. The average Bonchev–Trinajstić information content (AvgIpc) is 2.81. The quantitative estimate of drug-likeness (QED) is 0.751. The average molecular weight is 319 g/mol. The van der Waals surface area contributed by atoms with Crippen molar-refractivity contribution in [2.75, 3.05) is 51.6 Å². The second kappa shape index (κ2) is 7.87. The Bertz CT molecular complexity index is 410. The van der Waals surface area contributed by atoms with Crippen LogP contribution in [0.5, 0.6) is 0 Å². The molecule has 2 heterocycles. The molecule has 2 fully saturated rings. The Balaban J connectivity index is 1.86. The van der Waals surface area contributed by atoms with Gasteiger partial charge in [0.1, 0.15) is 0 Å². The summed E-state index contributed by atoms with van der Waals surface area (Å²) in [5, 5.41) is 0. The number of nitrogens with two attached hydrogens (primary N) is 1. The maximum atomic E-state index is 12.5. The summed E-state index contributed by atoms with van der Waals surface area (Å²) in [5.74, 6) is 0.603. The first-order valence-electron chi connectivity index (χ1n) is 8.03. The SMILES string of the molecule is CC(CN)CN1CCCN(S(=O)(=O)CC2CCCO2)CC1. The first-order chi connectivity index (χ1) is 10.0. The maximum Gasteiger partial charge on any atom is 0.216 e. The monoisotopic (exact) mass is 319 g/mol. The number of hydrogen-bond donors (Lipinski definition) is 1. The largest absolute Gasteiger partial charge is 0.377 e. The van der Waals surface area contributed by atoms with Crippen molar-refractivity contribution in [1.29, 1.82) is 0 Å². The van der Waals surface area contributed by atoms with Gasteiger partial charge in [-0.15, -0.1) is 0 Å². The van der Waals surface area contributed by atoms with Crippen molar-refractivity contribution in [3.8, 4) is 0 Å². The van der Waals surface area contributed by atoms with Gasteiger partial charge in [-0.05, 0) is 38.3 Å². The van der Waals surface area contributed by atoms with Gasteiger partial charge in [0.05, 0.1) is 11.9 Å². The van der Waals surface area contributed by atoms with Gasteiger partial charge in [-0.2, -0.15) is 0 Å². The van der Waals surface area contributed by atoms with E-state index in [4.69, 9.17) is 10.5 Å². The lowest BCUT2D eigenvalue weighted by Crippen LogP contribution is -2.40. The van der Waals surface area contributed by atoms with E-state index in [1.165, 1.54) is 0 Å². The van der Waals surface area contributed by atoms with E-state index < -0.39 is 10.0 Å². The van der Waals surface area contributed by atoms with E-state index in [0.717, 1.165) is 38.9 Å². The van der Waals surface area contributed by atoms with E-state index in [2.05, 4.69) is 11.8 Å². The summed E-state index contributed by atoms with van der Waals surface area (Å²) in [6, 6.07) is 0. The van der Waals surface area contributed by atoms with Gasteiger partial charge >= 0.3 is 0 Å². The van der Waals surface area contributed by atoms with E-state index in [1.807, 2.05) is 0 Å². The molecular weight excluding hydrogens is 290 g/mol. The Hall–Kier alpha value is -0.210. The smallest absolute Gasteiger partial charge is 0.216 e. The zero-order valence-corrected chi connectivity index (χ0v) is 13.9. The Morgan fingerprint density at radius 3 is 2.71 bits per heavy atom. The van der Waals surface area contributed by atoms with E-state index in [-0.39, 0.29) is 11.9 Å². The molecule has 0 saturated carbocycles. The predicted molar refractivity (Wildman–Crippen MR) is 83.6 cm³/mol. The highest BCUT2D eigenvalue weighted by atomic mass is 32.2. The van der Waals surface area contributed by atoms with E-state index in [0.29, 0.717) is 32.2 Å². The first kappa shape index (κ1) is 17.1. The van der Waals surface area contributed by atoms with Crippen LogP contribution < -0.4 is 5.73 Å². The molecule has 2 aliphatic rings. The molecule has 124 valence electrons. The first-order valence-corrected chi connectivity index (χ1v) is 9.64. The molecule has 0 aromatic heterocycles. The summed E-state index contributed by atoms with van der Waals surface area (Å²) < 4.78 is 32.1. The molecule has 6 nitrogen and oxygen atoms in total. The van der Waals surface area contributed by atoms with Crippen LogP contribution in [0, 0.1) is 5.92 Å². The summed E-state index contributed by atoms with van der Waals surface area (Å²) in [4.78, 5) is 2.33. The molecule has 21 heavy (non-hydrogen) atoms. The van der Waals surface area contributed by atoms with E-state index >= 15 is 0 Å². The molecule has 0 aliphatic carbocycles. The van der Waals surface area contributed by atoms with Crippen molar-refractivity contribution < 1.29 is 13.2 Å². The second-order valence-corrected chi connectivity index (χ2v) is 8.32. The molecule has 2 N–H and O–H groups in total. The molecule has 2 aliphatic heterocycles. The van der Waals surface area contributed by atoms with Crippen molar-refractivity contribution in [2.45, 2.75) is 32.3 Å². The van der Waals surface area contributed by atoms with E-state index in [1.54, 1.807) is 4.31 Å². The van der Waals surface area contributed by atoms with Gasteiger partial charge in [0.2, 0.25) is 10.0 Å². The molecular formula is C14H29N3O3S. The maximum absolute atomic E-state index is 12.5. The standard InChI is InChI=1S/C14H29N3O3S/c1-13(10-15)11-16-5-3-6-17(8-7-16)21(18,19)12-14-4-2-9-20-14/h13-14H,2-12,15H2,1H3. The van der Waals surface area contributed by atoms with Crippen LogP contribution in [0.3, 0.4) is 0 Å². The molecule has 2 rings (SSSR count). The van der Waals surface area contributed by atoms with Gasteiger partial charge < -0.3 is 15.4 Å². The minimum absolute atomic E-state index is 0.105. The molecule has 0 aromatic carbocycles. The lowest BCUT2D eigenvalue weighted by atomic mass is 10.1. The molecule has 0 radical (unpaired) electrons. The Kier molecular flexibility index (Phi) is 6.43. The van der Waals surface area contributed by atoms with Crippen LogP contribution in [0.25, 0.3) is 0 Å². The number of hydrogen-bond acceptors (Lipinski definition) is 5. The van der Waals surface area contributed by atoms with Gasteiger partial charge in [0.15, 0.2) is 0 Å². The number of nitrogens with zero attached hydrogens (tertiary/aromatic N) is 2. The third-order valence-electron chi connectivity index (χ3n) is 4.33. The van der Waals surface area contributed by atoms with Gasteiger partial charge in [-0.1, -0.05) is 6.92 Å². The topological polar surface area (TPSA) is 75.9 Å². The molecule has 0 spiro atoms. The van der Waals surface area contributed by atoms with Crippen LogP contribution in [0.2, 0.25) is 0 Å². The summed E-state index contributed by atoms with van der Waals surface area (Å²) in [6.07, 6.45) is 2.63. The molecule has 2 saturated heterocycles. The zero-order valence-electron chi connectivity index (χ0n) is 13.0. The summed E-state index contributed by atoms with van der Waals surface area (Å²) in [7, 11) is -3.19. The van der Waals surface area contributed by atoms with Gasteiger partial charge in [-0.25, -0.2) is 12.7 Å². The van der Waals surface area contributed by atoms with Crippen molar-refractivity contribution in [1.82, 2.24) is 9.21 Å². The molecule has 2 atom stereocenters. The van der Waals surface area contributed by atoms with Crippen LogP contribution >= 0.6 is 0 Å². The highest BCUT2D eigenvalue weighted by Crippen LogP contribution is 2.17. The molecule has 7 heteroatoms. The Morgan fingerprint density at radius 1 is 1.24 bits per heavy atom. The number of rotatable bonds is 6. The zero-order chi connectivity index (χ0) is 15.3.